The third-order valence-electron chi connectivity index (χ3n) is 5.33. The van der Waals surface area contributed by atoms with Crippen molar-refractivity contribution in [2.75, 3.05) is 0 Å². The maximum absolute atomic E-state index is 4.84. The van der Waals surface area contributed by atoms with Crippen molar-refractivity contribution in [1.82, 2.24) is 5.43 Å². The minimum atomic E-state index is 0.237. The summed E-state index contributed by atoms with van der Waals surface area (Å²) in [6.07, 6.45) is 9.04. The Bertz CT molecular complexity index is 1210. The van der Waals surface area contributed by atoms with Crippen molar-refractivity contribution < 1.29 is 0 Å². The van der Waals surface area contributed by atoms with E-state index in [-0.39, 0.29) is 5.41 Å². The molecule has 0 spiro atoms. The number of para-hydroxylation sites is 1. The topological polar surface area (TPSA) is 36.8 Å². The van der Waals surface area contributed by atoms with Crippen LogP contribution >= 0.6 is 0 Å². The van der Waals surface area contributed by atoms with Crippen LogP contribution in [0.1, 0.15) is 39.7 Å². The van der Waals surface area contributed by atoms with E-state index < -0.39 is 0 Å². The van der Waals surface area contributed by atoms with Crippen molar-refractivity contribution in [3.63, 3.8) is 0 Å². The molecule has 0 aliphatic rings. The number of nitrogens with zero attached hydrogens (tertiary/aromatic N) is 2. The van der Waals surface area contributed by atoms with Crippen LogP contribution in [-0.4, -0.2) is 11.5 Å². The average Bonchev–Trinajstić information content (AvgIpc) is 2.86. The minimum absolute atomic E-state index is 0.237. The number of hydrogen-bond acceptors (Lipinski definition) is 2. The lowest BCUT2D eigenvalue weighted by Gasteiger charge is -2.14. The Labute approximate surface area is 210 Å². The maximum Gasteiger partial charge on any atom is 0.154 e. The third-order valence-corrected chi connectivity index (χ3v) is 5.33. The SMILES string of the molecule is C=C/C=C(\C=C/CC(C)(C)C)C(/C)=N/NC(=Nc1ccccc1)c1ccc(-c2ccccc2)cc1. The van der Waals surface area contributed by atoms with Crippen LogP contribution < -0.4 is 5.43 Å². The zero-order valence-electron chi connectivity index (χ0n) is 21.2. The lowest BCUT2D eigenvalue weighted by molar-refractivity contribution is 0.420. The molecule has 3 nitrogen and oxygen atoms in total. The van der Waals surface area contributed by atoms with Gasteiger partial charge >= 0.3 is 0 Å². The van der Waals surface area contributed by atoms with E-state index in [2.05, 4.69) is 98.6 Å². The molecule has 0 radical (unpaired) electrons. The highest BCUT2D eigenvalue weighted by Crippen LogP contribution is 2.21. The van der Waals surface area contributed by atoms with Gasteiger partial charge in [-0.05, 0) is 47.6 Å². The maximum atomic E-state index is 4.84. The average molecular weight is 462 g/mol. The molecule has 0 aliphatic carbocycles. The van der Waals surface area contributed by atoms with Crippen LogP contribution in [0.2, 0.25) is 0 Å². The first kappa shape index (κ1) is 25.6. The van der Waals surface area contributed by atoms with Gasteiger partial charge in [-0.15, -0.1) is 0 Å². The summed E-state index contributed by atoms with van der Waals surface area (Å²) >= 11 is 0. The summed E-state index contributed by atoms with van der Waals surface area (Å²) in [4.78, 5) is 4.84. The molecule has 178 valence electrons. The van der Waals surface area contributed by atoms with Crippen molar-refractivity contribution >= 4 is 17.2 Å². The molecule has 0 unspecified atom stereocenters. The normalized spacial score (nSPS) is 13.2. The van der Waals surface area contributed by atoms with Crippen LogP contribution in [0.4, 0.5) is 5.69 Å². The Morgan fingerprint density at radius 2 is 1.46 bits per heavy atom. The summed E-state index contributed by atoms with van der Waals surface area (Å²) in [5, 5.41) is 4.68. The quantitative estimate of drug-likeness (QED) is 0.155. The fourth-order valence-electron chi connectivity index (χ4n) is 3.40. The molecule has 0 heterocycles. The van der Waals surface area contributed by atoms with Gasteiger partial charge in [-0.2, -0.15) is 5.10 Å². The van der Waals surface area contributed by atoms with Crippen LogP contribution in [-0.2, 0) is 0 Å². The van der Waals surface area contributed by atoms with Crippen molar-refractivity contribution in [1.29, 1.82) is 0 Å². The highest BCUT2D eigenvalue weighted by molar-refractivity contribution is 6.04. The Balaban J connectivity index is 1.89. The standard InChI is InChI=1S/C32H35N3/c1-6-14-26(17-13-24-32(3,4)5)25(2)34-35-31(33-30-18-11-8-12-19-30)29-22-20-28(21-23-29)27-15-9-7-10-16-27/h6-23H,1,24H2,2-5H3,(H,33,35)/b17-13-,26-14+,34-25+. The van der Waals surface area contributed by atoms with Gasteiger partial charge in [-0.1, -0.05) is 124 Å². The fourth-order valence-corrected chi connectivity index (χ4v) is 3.40. The molecule has 0 aliphatic heterocycles. The Morgan fingerprint density at radius 1 is 0.857 bits per heavy atom. The van der Waals surface area contributed by atoms with E-state index in [0.29, 0.717) is 5.84 Å². The number of aliphatic imine (C=N–C) groups is 1. The summed E-state index contributed by atoms with van der Waals surface area (Å²) in [7, 11) is 0. The first-order valence-electron chi connectivity index (χ1n) is 12.0. The molecule has 3 aromatic carbocycles. The van der Waals surface area contributed by atoms with Gasteiger partial charge in [0.25, 0.3) is 0 Å². The lowest BCUT2D eigenvalue weighted by Crippen LogP contribution is -2.20. The molecule has 0 amide bonds. The fraction of sp³-hybridized carbons (Fsp3) is 0.188. The molecular formula is C32H35N3. The van der Waals surface area contributed by atoms with Crippen molar-refractivity contribution in [3.05, 3.63) is 127 Å². The van der Waals surface area contributed by atoms with Crippen molar-refractivity contribution in [2.24, 2.45) is 15.5 Å². The van der Waals surface area contributed by atoms with Crippen molar-refractivity contribution in [2.45, 2.75) is 34.1 Å². The zero-order valence-corrected chi connectivity index (χ0v) is 21.2. The number of hydrazone groups is 1. The van der Waals surface area contributed by atoms with Gasteiger partial charge in [0.2, 0.25) is 0 Å². The molecule has 3 rings (SSSR count). The smallest absolute Gasteiger partial charge is 0.154 e. The molecule has 3 heteroatoms. The first-order valence-corrected chi connectivity index (χ1v) is 12.0. The highest BCUT2D eigenvalue weighted by Gasteiger charge is 2.08. The van der Waals surface area contributed by atoms with Crippen LogP contribution in [0.15, 0.2) is 131 Å². The van der Waals surface area contributed by atoms with E-state index in [1.165, 1.54) is 5.56 Å². The summed E-state index contributed by atoms with van der Waals surface area (Å²) in [6.45, 7) is 12.5. The second-order valence-corrected chi connectivity index (χ2v) is 9.57. The van der Waals surface area contributed by atoms with Gasteiger partial charge in [0, 0.05) is 5.56 Å². The van der Waals surface area contributed by atoms with Crippen LogP contribution in [0.3, 0.4) is 0 Å². The predicted octanol–water partition coefficient (Wildman–Crippen LogP) is 8.50. The summed E-state index contributed by atoms with van der Waals surface area (Å²) in [5.41, 5.74) is 9.49. The molecule has 1 N–H and O–H groups in total. The molecule has 0 saturated carbocycles. The second-order valence-electron chi connectivity index (χ2n) is 9.57. The van der Waals surface area contributed by atoms with Gasteiger partial charge < -0.3 is 0 Å². The van der Waals surface area contributed by atoms with E-state index in [0.717, 1.165) is 34.5 Å². The third kappa shape index (κ3) is 8.38. The highest BCUT2D eigenvalue weighted by atomic mass is 15.3. The molecule has 35 heavy (non-hydrogen) atoms. The van der Waals surface area contributed by atoms with Crippen LogP contribution in [0, 0.1) is 5.41 Å². The second kappa shape index (κ2) is 12.5. The van der Waals surface area contributed by atoms with Gasteiger partial charge in [0.05, 0.1) is 11.4 Å². The Morgan fingerprint density at radius 3 is 2.06 bits per heavy atom. The van der Waals surface area contributed by atoms with Crippen LogP contribution in [0.25, 0.3) is 11.1 Å². The van der Waals surface area contributed by atoms with Gasteiger partial charge in [-0.3, -0.25) is 5.43 Å². The van der Waals surface area contributed by atoms with Gasteiger partial charge in [-0.25, -0.2) is 4.99 Å². The molecule has 3 aromatic rings. The van der Waals surface area contributed by atoms with E-state index in [1.807, 2.05) is 49.4 Å². The largest absolute Gasteiger partial charge is 0.261 e. The van der Waals surface area contributed by atoms with Gasteiger partial charge in [0.15, 0.2) is 5.84 Å². The summed E-state index contributed by atoms with van der Waals surface area (Å²) in [5.74, 6) is 0.687. The van der Waals surface area contributed by atoms with E-state index in [1.54, 1.807) is 6.08 Å². The predicted molar refractivity (Wildman–Crippen MR) is 152 cm³/mol. The molecular weight excluding hydrogens is 426 g/mol. The Hall–Kier alpha value is -3.98. The number of benzene rings is 3. The first-order chi connectivity index (χ1) is 16.9. The Kier molecular flexibility index (Phi) is 9.14. The summed E-state index contributed by atoms with van der Waals surface area (Å²) in [6, 6.07) is 28.6. The number of hydrogen-bond donors (Lipinski definition) is 1. The number of amidine groups is 1. The molecule has 0 atom stereocenters. The zero-order chi connectivity index (χ0) is 25.1. The molecule has 0 fully saturated rings. The molecule has 0 bridgehead atoms. The monoisotopic (exact) mass is 461 g/mol. The summed E-state index contributed by atoms with van der Waals surface area (Å²) < 4.78 is 0. The van der Waals surface area contributed by atoms with Crippen molar-refractivity contribution in [3.8, 4) is 11.1 Å². The molecule has 0 aromatic heterocycles. The van der Waals surface area contributed by atoms with E-state index in [9.17, 15) is 0 Å². The van der Waals surface area contributed by atoms with Gasteiger partial charge in [0.1, 0.15) is 0 Å². The minimum Gasteiger partial charge on any atom is -0.261 e. The van der Waals surface area contributed by atoms with E-state index in [4.69, 9.17) is 4.99 Å². The lowest BCUT2D eigenvalue weighted by atomic mass is 9.92. The number of rotatable bonds is 8. The number of nitrogens with one attached hydrogen (secondary N) is 1. The number of allylic oxidation sites excluding steroid dienone is 5. The van der Waals surface area contributed by atoms with Crippen LogP contribution in [0.5, 0.6) is 0 Å². The van der Waals surface area contributed by atoms with E-state index >= 15 is 0 Å². The molecule has 0 saturated heterocycles.